The van der Waals surface area contributed by atoms with Crippen LogP contribution in [0.5, 0.6) is 0 Å². The molecule has 2 saturated heterocycles. The number of hydrogen-bond acceptors (Lipinski definition) is 8. The van der Waals surface area contributed by atoms with Gasteiger partial charge in [0, 0.05) is 83.8 Å². The standard InChI is InChI=1S/C29H32F2N4O2.C27H30N4O2/c1-21(7-8-22-5-3-2-4-6-22)33-29(37)24-11-13-27(32-20-24)34-15-17-35(18-16-34)28(36)14-10-23-9-12-25(30)26(31)19-23;1-21-7-5-6-10-23(21)19-26(32)31-17-15-30(16-18-31)25-12-11-24(20-29-25)27(33)28-14-13-22-8-3-2-4-9-22/h2-6,9,11-13,19-21H,7-8,10,14-18H2,1H3,(H,33,37);2-12,20H,13-19H2,1H3,(H,28,33). The van der Waals surface area contributed by atoms with Crippen LogP contribution in [0.2, 0.25) is 0 Å². The average Bonchev–Trinajstić information content (AvgIpc) is 3.40. The molecular formula is C56H62F2N8O4. The Labute approximate surface area is 409 Å². The minimum atomic E-state index is -0.896. The molecule has 364 valence electrons. The first-order valence-corrected chi connectivity index (χ1v) is 24.1. The van der Waals surface area contributed by atoms with E-state index in [2.05, 4.69) is 54.7 Å². The smallest absolute Gasteiger partial charge is 0.253 e. The molecule has 2 aromatic heterocycles. The number of aromatic nitrogens is 2. The molecule has 2 aliphatic rings. The summed E-state index contributed by atoms with van der Waals surface area (Å²) in [5, 5.41) is 5.99. The van der Waals surface area contributed by atoms with E-state index >= 15 is 0 Å². The number of rotatable bonds is 16. The molecule has 2 N–H and O–H groups in total. The number of aryl methyl sites for hydroxylation is 3. The Morgan fingerprint density at radius 2 is 1.11 bits per heavy atom. The van der Waals surface area contributed by atoms with Crippen molar-refractivity contribution in [3.63, 3.8) is 0 Å². The molecule has 2 fully saturated rings. The van der Waals surface area contributed by atoms with Crippen LogP contribution in [0.1, 0.15) is 68.3 Å². The van der Waals surface area contributed by atoms with Gasteiger partial charge in [0.15, 0.2) is 11.6 Å². The third kappa shape index (κ3) is 14.8. The summed E-state index contributed by atoms with van der Waals surface area (Å²) >= 11 is 0. The molecule has 4 heterocycles. The minimum Gasteiger partial charge on any atom is -0.353 e. The summed E-state index contributed by atoms with van der Waals surface area (Å²) in [7, 11) is 0. The molecule has 1 unspecified atom stereocenters. The van der Waals surface area contributed by atoms with Crippen molar-refractivity contribution < 1.29 is 28.0 Å². The van der Waals surface area contributed by atoms with Crippen molar-refractivity contribution in [3.05, 3.63) is 190 Å². The number of benzene rings is 4. The van der Waals surface area contributed by atoms with E-state index in [9.17, 15) is 28.0 Å². The van der Waals surface area contributed by atoms with Crippen molar-refractivity contribution in [3.8, 4) is 0 Å². The molecular weight excluding hydrogens is 887 g/mol. The lowest BCUT2D eigenvalue weighted by molar-refractivity contribution is -0.132. The molecule has 8 rings (SSSR count). The maximum Gasteiger partial charge on any atom is 0.253 e. The van der Waals surface area contributed by atoms with Crippen molar-refractivity contribution >= 4 is 35.3 Å². The van der Waals surface area contributed by atoms with E-state index in [1.165, 1.54) is 17.2 Å². The summed E-state index contributed by atoms with van der Waals surface area (Å²) in [5.74, 6) is -0.281. The Morgan fingerprint density at radius 1 is 0.571 bits per heavy atom. The number of piperazine rings is 2. The predicted molar refractivity (Wildman–Crippen MR) is 270 cm³/mol. The maximum atomic E-state index is 13.4. The largest absolute Gasteiger partial charge is 0.353 e. The van der Waals surface area contributed by atoms with Crippen LogP contribution in [-0.4, -0.2) is 108 Å². The van der Waals surface area contributed by atoms with Gasteiger partial charge in [-0.2, -0.15) is 0 Å². The number of hydrogen-bond donors (Lipinski definition) is 2. The summed E-state index contributed by atoms with van der Waals surface area (Å²) in [6, 6.07) is 39.4. The quantitative estimate of drug-likeness (QED) is 0.101. The lowest BCUT2D eigenvalue weighted by Crippen LogP contribution is -2.49. The van der Waals surface area contributed by atoms with Crippen LogP contribution < -0.4 is 20.4 Å². The number of nitrogens with zero attached hydrogens (tertiary/aromatic N) is 6. The van der Waals surface area contributed by atoms with Crippen molar-refractivity contribution in [2.75, 3.05) is 68.7 Å². The van der Waals surface area contributed by atoms with Gasteiger partial charge in [0.25, 0.3) is 11.8 Å². The topological polar surface area (TPSA) is 131 Å². The number of halogens is 2. The Bertz CT molecular complexity index is 2640. The van der Waals surface area contributed by atoms with Gasteiger partial charge in [-0.15, -0.1) is 0 Å². The van der Waals surface area contributed by atoms with Crippen LogP contribution in [0, 0.1) is 18.6 Å². The number of carbonyl (C=O) groups excluding carboxylic acids is 4. The number of anilines is 2. The Kier molecular flexibility index (Phi) is 18.2. The third-order valence-corrected chi connectivity index (χ3v) is 12.8. The second-order valence-electron chi connectivity index (χ2n) is 17.8. The van der Waals surface area contributed by atoms with Gasteiger partial charge in [0.1, 0.15) is 11.6 Å². The van der Waals surface area contributed by atoms with E-state index in [1.54, 1.807) is 23.4 Å². The molecule has 0 saturated carbocycles. The molecule has 0 bridgehead atoms. The predicted octanol–water partition coefficient (Wildman–Crippen LogP) is 7.65. The fraction of sp³-hybridized carbons (Fsp3) is 0.321. The highest BCUT2D eigenvalue weighted by Gasteiger charge is 2.24. The van der Waals surface area contributed by atoms with E-state index in [4.69, 9.17) is 0 Å². The zero-order valence-electron chi connectivity index (χ0n) is 40.0. The highest BCUT2D eigenvalue weighted by Crippen LogP contribution is 2.19. The minimum absolute atomic E-state index is 0.00857. The number of carbonyl (C=O) groups is 4. The summed E-state index contributed by atoms with van der Waals surface area (Å²) in [6.07, 6.45) is 6.83. The zero-order valence-corrected chi connectivity index (χ0v) is 40.0. The van der Waals surface area contributed by atoms with Gasteiger partial charge in [-0.3, -0.25) is 19.2 Å². The summed E-state index contributed by atoms with van der Waals surface area (Å²) in [6.45, 7) is 9.81. The van der Waals surface area contributed by atoms with Crippen LogP contribution in [0.4, 0.5) is 20.4 Å². The van der Waals surface area contributed by atoms with E-state index in [-0.39, 0.29) is 36.1 Å². The van der Waals surface area contributed by atoms with Crippen molar-refractivity contribution in [1.29, 1.82) is 0 Å². The Hall–Kier alpha value is -7.48. The molecule has 12 nitrogen and oxygen atoms in total. The first-order chi connectivity index (χ1) is 34.0. The van der Waals surface area contributed by atoms with Crippen LogP contribution in [-0.2, 0) is 35.3 Å². The zero-order chi connectivity index (χ0) is 49.2. The van der Waals surface area contributed by atoms with Gasteiger partial charge < -0.3 is 30.2 Å². The Morgan fingerprint density at radius 3 is 1.67 bits per heavy atom. The van der Waals surface area contributed by atoms with Gasteiger partial charge in [0.05, 0.1) is 17.5 Å². The monoisotopic (exact) mass is 948 g/mol. The lowest BCUT2D eigenvalue weighted by Gasteiger charge is -2.35. The Balaban J connectivity index is 0.000000208. The van der Waals surface area contributed by atoms with E-state index in [1.807, 2.05) is 97.6 Å². The van der Waals surface area contributed by atoms with Gasteiger partial charge in [-0.25, -0.2) is 18.7 Å². The van der Waals surface area contributed by atoms with Crippen molar-refractivity contribution in [1.82, 2.24) is 30.4 Å². The summed E-state index contributed by atoms with van der Waals surface area (Å²) in [5.41, 5.74) is 6.36. The SMILES string of the molecule is CC(CCc1ccccc1)NC(=O)c1ccc(N2CCN(C(=O)CCc3ccc(F)c(F)c3)CC2)nc1.Cc1ccccc1CC(=O)N1CCN(c2ccc(C(=O)NCCc3ccccc3)cn2)CC1. The molecule has 70 heavy (non-hydrogen) atoms. The van der Waals surface area contributed by atoms with Crippen LogP contribution >= 0.6 is 0 Å². The van der Waals surface area contributed by atoms with E-state index in [0.717, 1.165) is 67.2 Å². The highest BCUT2D eigenvalue weighted by atomic mass is 19.2. The molecule has 2 aliphatic heterocycles. The third-order valence-electron chi connectivity index (χ3n) is 12.8. The lowest BCUT2D eigenvalue weighted by atomic mass is 10.1. The van der Waals surface area contributed by atoms with E-state index in [0.29, 0.717) is 75.3 Å². The van der Waals surface area contributed by atoms with Gasteiger partial charge >= 0.3 is 0 Å². The van der Waals surface area contributed by atoms with Crippen molar-refractivity contribution in [2.24, 2.45) is 0 Å². The second kappa shape index (κ2) is 25.2. The highest BCUT2D eigenvalue weighted by molar-refractivity contribution is 5.94. The molecule has 4 aromatic carbocycles. The fourth-order valence-corrected chi connectivity index (χ4v) is 8.45. The van der Waals surface area contributed by atoms with Gasteiger partial charge in [-0.05, 0) is 104 Å². The molecule has 1 atom stereocenters. The maximum absolute atomic E-state index is 13.4. The molecule has 0 aliphatic carbocycles. The molecule has 4 amide bonds. The first kappa shape index (κ1) is 50.4. The number of amides is 4. The molecule has 0 radical (unpaired) electrons. The second-order valence-corrected chi connectivity index (χ2v) is 17.8. The first-order valence-electron chi connectivity index (χ1n) is 24.1. The van der Waals surface area contributed by atoms with Crippen LogP contribution in [0.3, 0.4) is 0 Å². The van der Waals surface area contributed by atoms with Crippen LogP contribution in [0.25, 0.3) is 0 Å². The summed E-state index contributed by atoms with van der Waals surface area (Å²) < 4.78 is 26.5. The number of pyridine rings is 2. The average molecular weight is 949 g/mol. The van der Waals surface area contributed by atoms with Gasteiger partial charge in [0.2, 0.25) is 11.8 Å². The van der Waals surface area contributed by atoms with E-state index < -0.39 is 11.6 Å². The van der Waals surface area contributed by atoms with Crippen molar-refractivity contribution in [2.45, 2.75) is 58.4 Å². The number of nitrogens with one attached hydrogen (secondary N) is 2. The molecule has 14 heteroatoms. The summed E-state index contributed by atoms with van der Waals surface area (Å²) in [4.78, 5) is 67.3. The molecule has 0 spiro atoms. The van der Waals surface area contributed by atoms with Gasteiger partial charge in [-0.1, -0.05) is 91.0 Å². The fourth-order valence-electron chi connectivity index (χ4n) is 8.45. The molecule has 6 aromatic rings. The normalized spacial score (nSPS) is 14.0. The van der Waals surface area contributed by atoms with Crippen LogP contribution in [0.15, 0.2) is 140 Å².